The van der Waals surface area contributed by atoms with Crippen LogP contribution in [0.15, 0.2) is 17.5 Å². The monoisotopic (exact) mass is 294 g/mol. The lowest BCUT2D eigenvalue weighted by atomic mass is 10.5. The Morgan fingerprint density at radius 3 is 2.70 bits per heavy atom. The van der Waals surface area contributed by atoms with Crippen LogP contribution in [0.3, 0.4) is 0 Å². The van der Waals surface area contributed by atoms with Crippen molar-refractivity contribution in [2.24, 2.45) is 0 Å². The smallest absolute Gasteiger partial charge is 0.324 e. The van der Waals surface area contributed by atoms with Gasteiger partial charge in [0.25, 0.3) is 0 Å². The second-order valence-corrected chi connectivity index (χ2v) is 5.32. The van der Waals surface area contributed by atoms with Crippen LogP contribution in [0.1, 0.15) is 25.6 Å². The van der Waals surface area contributed by atoms with Crippen LogP contribution in [-0.2, 0) is 6.61 Å². The summed E-state index contributed by atoms with van der Waals surface area (Å²) in [6.07, 6.45) is -0.00276. The molecule has 0 unspecified atom stereocenters. The standard InChI is InChI=1S/C13H18N4O2S/c1-4-14-11-15-12(17-13(16-11)19-9(2)3)18-8-10-6-5-7-20-10/h5-7,9H,4,8H2,1-3H3,(H,14,15,16,17). The van der Waals surface area contributed by atoms with E-state index >= 15 is 0 Å². The average molecular weight is 294 g/mol. The Balaban J connectivity index is 2.10. The van der Waals surface area contributed by atoms with E-state index < -0.39 is 0 Å². The molecule has 0 bridgehead atoms. The predicted molar refractivity (Wildman–Crippen MR) is 78.4 cm³/mol. The van der Waals surface area contributed by atoms with Gasteiger partial charge in [0, 0.05) is 11.4 Å². The molecule has 0 amide bonds. The minimum absolute atomic E-state index is 0.00276. The lowest BCUT2D eigenvalue weighted by Crippen LogP contribution is -2.12. The molecule has 6 nitrogen and oxygen atoms in total. The van der Waals surface area contributed by atoms with E-state index in [9.17, 15) is 0 Å². The van der Waals surface area contributed by atoms with Crippen molar-refractivity contribution in [3.63, 3.8) is 0 Å². The van der Waals surface area contributed by atoms with Gasteiger partial charge in [-0.15, -0.1) is 16.3 Å². The molecule has 0 saturated heterocycles. The van der Waals surface area contributed by atoms with Crippen molar-refractivity contribution in [2.75, 3.05) is 11.9 Å². The number of rotatable bonds is 7. The first kappa shape index (κ1) is 14.5. The first-order chi connectivity index (χ1) is 9.67. The quantitative estimate of drug-likeness (QED) is 0.846. The molecular weight excluding hydrogens is 276 g/mol. The molecule has 2 heterocycles. The number of nitrogens with one attached hydrogen (secondary N) is 1. The number of hydrogen-bond donors (Lipinski definition) is 1. The van der Waals surface area contributed by atoms with Gasteiger partial charge in [0.2, 0.25) is 5.95 Å². The second-order valence-electron chi connectivity index (χ2n) is 4.29. The third-order valence-electron chi connectivity index (χ3n) is 2.19. The van der Waals surface area contributed by atoms with Crippen LogP contribution in [0.25, 0.3) is 0 Å². The number of thiophene rings is 1. The van der Waals surface area contributed by atoms with Gasteiger partial charge >= 0.3 is 12.0 Å². The summed E-state index contributed by atoms with van der Waals surface area (Å²) in [5.41, 5.74) is 0. The van der Waals surface area contributed by atoms with Gasteiger partial charge in [0.05, 0.1) is 6.10 Å². The van der Waals surface area contributed by atoms with Crippen molar-refractivity contribution >= 4 is 17.3 Å². The van der Waals surface area contributed by atoms with Crippen molar-refractivity contribution in [3.8, 4) is 12.0 Å². The van der Waals surface area contributed by atoms with Crippen molar-refractivity contribution in [2.45, 2.75) is 33.5 Å². The third kappa shape index (κ3) is 4.34. The van der Waals surface area contributed by atoms with Gasteiger partial charge in [-0.2, -0.15) is 9.97 Å². The fourth-order valence-electron chi connectivity index (χ4n) is 1.43. The maximum Gasteiger partial charge on any atom is 0.324 e. The zero-order chi connectivity index (χ0) is 14.4. The summed E-state index contributed by atoms with van der Waals surface area (Å²) in [6.45, 7) is 6.97. The maximum absolute atomic E-state index is 5.59. The molecule has 0 fully saturated rings. The molecule has 2 aromatic rings. The number of ether oxygens (including phenoxy) is 2. The molecule has 0 saturated carbocycles. The molecule has 0 atom stereocenters. The highest BCUT2D eigenvalue weighted by Gasteiger charge is 2.10. The summed E-state index contributed by atoms with van der Waals surface area (Å²) in [5.74, 6) is 0.458. The van der Waals surface area contributed by atoms with E-state index in [1.165, 1.54) is 0 Å². The molecule has 0 spiro atoms. The van der Waals surface area contributed by atoms with E-state index in [2.05, 4.69) is 20.3 Å². The van der Waals surface area contributed by atoms with Crippen LogP contribution in [-0.4, -0.2) is 27.6 Å². The van der Waals surface area contributed by atoms with Crippen LogP contribution >= 0.6 is 11.3 Å². The van der Waals surface area contributed by atoms with E-state index in [1.54, 1.807) is 11.3 Å². The topological polar surface area (TPSA) is 69.2 Å². The highest BCUT2D eigenvalue weighted by molar-refractivity contribution is 7.09. The van der Waals surface area contributed by atoms with Gasteiger partial charge < -0.3 is 14.8 Å². The molecule has 0 aliphatic rings. The molecule has 0 aliphatic carbocycles. The maximum atomic E-state index is 5.59. The Morgan fingerprint density at radius 2 is 2.05 bits per heavy atom. The van der Waals surface area contributed by atoms with Crippen LogP contribution < -0.4 is 14.8 Å². The fraction of sp³-hybridized carbons (Fsp3) is 0.462. The zero-order valence-corrected chi connectivity index (χ0v) is 12.6. The average Bonchev–Trinajstić information content (AvgIpc) is 2.89. The van der Waals surface area contributed by atoms with Crippen molar-refractivity contribution in [3.05, 3.63) is 22.4 Å². The normalized spacial score (nSPS) is 10.6. The molecule has 0 aromatic carbocycles. The molecule has 0 aliphatic heterocycles. The van der Waals surface area contributed by atoms with Crippen molar-refractivity contribution < 1.29 is 9.47 Å². The van der Waals surface area contributed by atoms with Gasteiger partial charge in [-0.25, -0.2) is 0 Å². The highest BCUT2D eigenvalue weighted by Crippen LogP contribution is 2.16. The molecule has 1 N–H and O–H groups in total. The van der Waals surface area contributed by atoms with Gasteiger partial charge in [-0.05, 0) is 32.2 Å². The molecule has 2 aromatic heterocycles. The Morgan fingerprint density at radius 1 is 1.25 bits per heavy atom. The Hall–Kier alpha value is -1.89. The van der Waals surface area contributed by atoms with E-state index in [-0.39, 0.29) is 18.1 Å². The van der Waals surface area contributed by atoms with E-state index in [4.69, 9.17) is 9.47 Å². The van der Waals surface area contributed by atoms with E-state index in [1.807, 2.05) is 38.3 Å². The Kier molecular flexibility index (Phi) is 5.11. The summed E-state index contributed by atoms with van der Waals surface area (Å²) in [4.78, 5) is 13.6. The van der Waals surface area contributed by atoms with Crippen LogP contribution in [0.2, 0.25) is 0 Å². The summed E-state index contributed by atoms with van der Waals surface area (Å²) >= 11 is 1.63. The fourth-order valence-corrected chi connectivity index (χ4v) is 2.05. The first-order valence-corrected chi connectivity index (χ1v) is 7.37. The van der Waals surface area contributed by atoms with Crippen molar-refractivity contribution in [1.29, 1.82) is 0 Å². The Bertz CT molecular complexity index is 531. The number of nitrogens with zero attached hydrogens (tertiary/aromatic N) is 3. The summed E-state index contributed by atoms with van der Waals surface area (Å²) in [6, 6.07) is 4.52. The van der Waals surface area contributed by atoms with Crippen LogP contribution in [0.4, 0.5) is 5.95 Å². The second kappa shape index (κ2) is 7.04. The van der Waals surface area contributed by atoms with Gasteiger partial charge in [0.1, 0.15) is 6.61 Å². The SMILES string of the molecule is CCNc1nc(OCc2cccs2)nc(OC(C)C)n1. The zero-order valence-electron chi connectivity index (χ0n) is 11.8. The predicted octanol–water partition coefficient (Wildman–Crippen LogP) is 2.73. The number of hydrogen-bond acceptors (Lipinski definition) is 7. The van der Waals surface area contributed by atoms with Crippen LogP contribution in [0, 0.1) is 0 Å². The van der Waals surface area contributed by atoms with E-state index in [0.717, 1.165) is 11.4 Å². The first-order valence-electron chi connectivity index (χ1n) is 6.49. The third-order valence-corrected chi connectivity index (χ3v) is 3.04. The summed E-state index contributed by atoms with van der Waals surface area (Å²) in [5, 5.41) is 5.04. The molecule has 108 valence electrons. The molecule has 0 radical (unpaired) electrons. The lowest BCUT2D eigenvalue weighted by Gasteiger charge is -2.10. The van der Waals surface area contributed by atoms with Gasteiger partial charge in [-0.1, -0.05) is 6.07 Å². The molecule has 2 rings (SSSR count). The minimum atomic E-state index is -0.00276. The molecule has 20 heavy (non-hydrogen) atoms. The molecular formula is C13H18N4O2S. The highest BCUT2D eigenvalue weighted by atomic mass is 32.1. The number of aromatic nitrogens is 3. The van der Waals surface area contributed by atoms with Gasteiger partial charge in [0.15, 0.2) is 0 Å². The Labute approximate surface area is 122 Å². The number of anilines is 1. The largest absolute Gasteiger partial charge is 0.461 e. The van der Waals surface area contributed by atoms with E-state index in [0.29, 0.717) is 12.6 Å². The van der Waals surface area contributed by atoms with Crippen molar-refractivity contribution in [1.82, 2.24) is 15.0 Å². The summed E-state index contributed by atoms with van der Waals surface area (Å²) in [7, 11) is 0. The molecule has 7 heteroatoms. The minimum Gasteiger partial charge on any atom is -0.461 e. The summed E-state index contributed by atoms with van der Waals surface area (Å²) < 4.78 is 11.1. The lowest BCUT2D eigenvalue weighted by molar-refractivity contribution is 0.212. The van der Waals surface area contributed by atoms with Crippen LogP contribution in [0.5, 0.6) is 12.0 Å². The van der Waals surface area contributed by atoms with Gasteiger partial charge in [-0.3, -0.25) is 0 Å².